The average Bonchev–Trinajstić information content (AvgIpc) is 3.65. The van der Waals surface area contributed by atoms with Crippen molar-refractivity contribution >= 4 is 65.5 Å². The fourth-order valence-electron chi connectivity index (χ4n) is 6.25. The standard InChI is InChI=1S/C35H21N3O/c1-2-12-24(13-3-1)37-31-21-23-11-5-4-10-22(23)20-27(31)25-18-19-30-33(34(25)37)26-14-6-8-16-29(26)38(30)35-36-28-15-7-9-17-32(28)39-35/h1-21H. The number of oxazole rings is 1. The summed E-state index contributed by atoms with van der Waals surface area (Å²) >= 11 is 0. The Labute approximate surface area is 222 Å². The second-order valence-electron chi connectivity index (χ2n) is 10.1. The van der Waals surface area contributed by atoms with Crippen molar-refractivity contribution < 1.29 is 4.42 Å². The molecule has 0 fully saturated rings. The lowest BCUT2D eigenvalue weighted by Gasteiger charge is -2.09. The third-order valence-corrected chi connectivity index (χ3v) is 7.92. The van der Waals surface area contributed by atoms with Crippen LogP contribution in [0.15, 0.2) is 132 Å². The Morgan fingerprint density at radius 3 is 2.13 bits per heavy atom. The zero-order valence-electron chi connectivity index (χ0n) is 20.9. The van der Waals surface area contributed by atoms with Crippen LogP contribution in [0.3, 0.4) is 0 Å². The van der Waals surface area contributed by atoms with Gasteiger partial charge >= 0.3 is 6.01 Å². The van der Waals surface area contributed by atoms with Gasteiger partial charge in [0.1, 0.15) is 5.52 Å². The lowest BCUT2D eigenvalue weighted by atomic mass is 10.0. The molecule has 0 N–H and O–H groups in total. The molecule has 0 radical (unpaired) electrons. The summed E-state index contributed by atoms with van der Waals surface area (Å²) in [5.74, 6) is 0. The van der Waals surface area contributed by atoms with Gasteiger partial charge in [-0.3, -0.25) is 4.57 Å². The van der Waals surface area contributed by atoms with Crippen LogP contribution in [0.4, 0.5) is 0 Å². The van der Waals surface area contributed by atoms with E-state index in [4.69, 9.17) is 9.40 Å². The van der Waals surface area contributed by atoms with Gasteiger partial charge in [-0.2, -0.15) is 4.98 Å². The van der Waals surface area contributed by atoms with Crippen molar-refractivity contribution in [1.82, 2.24) is 14.1 Å². The molecule has 0 aliphatic carbocycles. The molecule has 4 heteroatoms. The van der Waals surface area contributed by atoms with Crippen molar-refractivity contribution in [3.8, 4) is 11.7 Å². The van der Waals surface area contributed by atoms with Crippen LogP contribution in [-0.2, 0) is 0 Å². The highest BCUT2D eigenvalue weighted by Crippen LogP contribution is 2.42. The first-order valence-electron chi connectivity index (χ1n) is 13.2. The van der Waals surface area contributed by atoms with E-state index in [0.29, 0.717) is 6.01 Å². The van der Waals surface area contributed by atoms with Crippen LogP contribution in [0, 0.1) is 0 Å². The molecule has 0 spiro atoms. The Morgan fingerprint density at radius 1 is 0.513 bits per heavy atom. The second kappa shape index (κ2) is 7.59. The van der Waals surface area contributed by atoms with Gasteiger partial charge in [0, 0.05) is 27.2 Å². The van der Waals surface area contributed by atoms with E-state index in [-0.39, 0.29) is 0 Å². The Balaban J connectivity index is 1.52. The Morgan fingerprint density at radius 2 is 1.26 bits per heavy atom. The molecular formula is C35H21N3O. The normalized spacial score (nSPS) is 12.1. The Bertz CT molecular complexity index is 2360. The second-order valence-corrected chi connectivity index (χ2v) is 10.1. The molecule has 0 unspecified atom stereocenters. The van der Waals surface area contributed by atoms with Gasteiger partial charge in [0.05, 0.1) is 22.1 Å². The number of para-hydroxylation sites is 4. The Hall–Kier alpha value is -5.35. The topological polar surface area (TPSA) is 35.9 Å². The van der Waals surface area contributed by atoms with Crippen LogP contribution in [0.25, 0.3) is 77.2 Å². The van der Waals surface area contributed by atoms with E-state index >= 15 is 0 Å². The highest BCUT2D eigenvalue weighted by Gasteiger charge is 2.22. The molecule has 6 aromatic carbocycles. The van der Waals surface area contributed by atoms with Crippen molar-refractivity contribution in [3.05, 3.63) is 127 Å². The van der Waals surface area contributed by atoms with Crippen LogP contribution in [-0.4, -0.2) is 14.1 Å². The molecule has 3 aromatic heterocycles. The summed E-state index contributed by atoms with van der Waals surface area (Å²) in [7, 11) is 0. The smallest absolute Gasteiger partial charge is 0.307 e. The lowest BCUT2D eigenvalue weighted by Crippen LogP contribution is -1.95. The minimum absolute atomic E-state index is 0.579. The van der Waals surface area contributed by atoms with E-state index < -0.39 is 0 Å². The van der Waals surface area contributed by atoms with Crippen molar-refractivity contribution in [2.75, 3.05) is 0 Å². The highest BCUT2D eigenvalue weighted by atomic mass is 16.4. The molecule has 182 valence electrons. The van der Waals surface area contributed by atoms with Crippen LogP contribution in [0.1, 0.15) is 0 Å². The molecule has 9 rings (SSSR count). The number of fused-ring (bicyclic) bond motifs is 9. The van der Waals surface area contributed by atoms with Gasteiger partial charge in [0.2, 0.25) is 0 Å². The first-order valence-corrected chi connectivity index (χ1v) is 13.2. The molecule has 0 saturated carbocycles. The number of hydrogen-bond acceptors (Lipinski definition) is 2. The SMILES string of the molecule is c1ccc(-n2c3cc4ccccc4cc3c3ccc4c(c5ccccc5n4-c4nc5ccccc5o4)c32)cc1. The maximum absolute atomic E-state index is 6.31. The van der Waals surface area contributed by atoms with Crippen molar-refractivity contribution in [2.24, 2.45) is 0 Å². The average molecular weight is 500 g/mol. The monoisotopic (exact) mass is 499 g/mol. The third kappa shape index (κ3) is 2.80. The zero-order valence-corrected chi connectivity index (χ0v) is 20.9. The van der Waals surface area contributed by atoms with Gasteiger partial charge in [0.15, 0.2) is 5.58 Å². The van der Waals surface area contributed by atoms with E-state index in [1.807, 2.05) is 24.3 Å². The number of benzene rings is 6. The number of hydrogen-bond donors (Lipinski definition) is 0. The van der Waals surface area contributed by atoms with Crippen molar-refractivity contribution in [3.63, 3.8) is 0 Å². The maximum atomic E-state index is 6.31. The predicted molar refractivity (Wildman–Crippen MR) is 160 cm³/mol. The molecule has 0 atom stereocenters. The minimum atomic E-state index is 0.579. The molecule has 4 nitrogen and oxygen atoms in total. The minimum Gasteiger partial charge on any atom is -0.423 e. The molecule has 0 aliphatic rings. The molecule has 9 aromatic rings. The fourth-order valence-corrected chi connectivity index (χ4v) is 6.25. The van der Waals surface area contributed by atoms with E-state index in [1.54, 1.807) is 0 Å². The quantitative estimate of drug-likeness (QED) is 0.238. The van der Waals surface area contributed by atoms with E-state index in [1.165, 1.54) is 43.4 Å². The first kappa shape index (κ1) is 20.7. The van der Waals surface area contributed by atoms with Crippen LogP contribution in [0.5, 0.6) is 0 Å². The highest BCUT2D eigenvalue weighted by molar-refractivity contribution is 6.27. The third-order valence-electron chi connectivity index (χ3n) is 7.92. The Kier molecular flexibility index (Phi) is 4.02. The van der Waals surface area contributed by atoms with E-state index in [9.17, 15) is 0 Å². The maximum Gasteiger partial charge on any atom is 0.307 e. The largest absolute Gasteiger partial charge is 0.423 e. The predicted octanol–water partition coefficient (Wildman–Crippen LogP) is 9.18. The molecule has 0 aliphatic heterocycles. The zero-order chi connectivity index (χ0) is 25.5. The van der Waals surface area contributed by atoms with Gasteiger partial charge in [-0.25, -0.2) is 0 Å². The van der Waals surface area contributed by atoms with Gasteiger partial charge in [0.25, 0.3) is 0 Å². The fraction of sp³-hybridized carbons (Fsp3) is 0. The van der Waals surface area contributed by atoms with Gasteiger partial charge < -0.3 is 8.98 Å². The summed E-state index contributed by atoms with van der Waals surface area (Å²) in [4.78, 5) is 4.89. The van der Waals surface area contributed by atoms with Gasteiger partial charge in [-0.05, 0) is 59.3 Å². The number of aromatic nitrogens is 3. The van der Waals surface area contributed by atoms with Crippen LogP contribution < -0.4 is 0 Å². The molecule has 0 bridgehead atoms. The molecule has 0 amide bonds. The summed E-state index contributed by atoms with van der Waals surface area (Å²) in [6, 6.07) is 45.5. The number of nitrogens with zero attached hydrogens (tertiary/aromatic N) is 3. The van der Waals surface area contributed by atoms with E-state index in [0.717, 1.165) is 27.8 Å². The first-order chi connectivity index (χ1) is 19.3. The summed E-state index contributed by atoms with van der Waals surface area (Å²) in [6.45, 7) is 0. The summed E-state index contributed by atoms with van der Waals surface area (Å²) in [5.41, 5.74) is 7.30. The summed E-state index contributed by atoms with van der Waals surface area (Å²) in [6.07, 6.45) is 0. The van der Waals surface area contributed by atoms with Crippen LogP contribution in [0.2, 0.25) is 0 Å². The number of rotatable bonds is 2. The molecule has 0 saturated heterocycles. The molecule has 39 heavy (non-hydrogen) atoms. The van der Waals surface area contributed by atoms with Gasteiger partial charge in [-0.15, -0.1) is 0 Å². The van der Waals surface area contributed by atoms with E-state index in [2.05, 4.69) is 112 Å². The summed E-state index contributed by atoms with van der Waals surface area (Å²) in [5, 5.41) is 7.31. The van der Waals surface area contributed by atoms with Crippen molar-refractivity contribution in [1.29, 1.82) is 0 Å². The van der Waals surface area contributed by atoms with Crippen LogP contribution >= 0.6 is 0 Å². The molecular weight excluding hydrogens is 478 g/mol. The van der Waals surface area contributed by atoms with Crippen molar-refractivity contribution in [2.45, 2.75) is 0 Å². The van der Waals surface area contributed by atoms with Gasteiger partial charge in [-0.1, -0.05) is 78.9 Å². The molecule has 3 heterocycles. The lowest BCUT2D eigenvalue weighted by molar-refractivity contribution is 0.574. The summed E-state index contributed by atoms with van der Waals surface area (Å²) < 4.78 is 10.9.